The zero-order valence-electron chi connectivity index (χ0n) is 9.87. The minimum Gasteiger partial charge on any atom is -0.492 e. The predicted molar refractivity (Wildman–Crippen MR) is 74.3 cm³/mol. The molecule has 0 bridgehead atoms. The standard InChI is InChI=1S/C12H18BrNO.ClH/c1-8(2)7-15-12-10(9(3)14)5-4-6-11(12)13;/h4-6,8-9H,7,14H2,1-3H3;1H. The molecule has 0 aliphatic heterocycles. The lowest BCUT2D eigenvalue weighted by Gasteiger charge is -2.16. The summed E-state index contributed by atoms with van der Waals surface area (Å²) in [5.41, 5.74) is 6.94. The lowest BCUT2D eigenvalue weighted by Crippen LogP contribution is -2.11. The average molecular weight is 309 g/mol. The molecule has 1 aromatic carbocycles. The second-order valence-electron chi connectivity index (χ2n) is 4.15. The van der Waals surface area contributed by atoms with Gasteiger partial charge in [-0.15, -0.1) is 12.4 Å². The van der Waals surface area contributed by atoms with Gasteiger partial charge in [-0.25, -0.2) is 0 Å². The van der Waals surface area contributed by atoms with E-state index in [1.54, 1.807) is 0 Å². The summed E-state index contributed by atoms with van der Waals surface area (Å²) >= 11 is 3.48. The summed E-state index contributed by atoms with van der Waals surface area (Å²) in [6.45, 7) is 6.93. The first-order valence-electron chi connectivity index (χ1n) is 5.19. The van der Waals surface area contributed by atoms with E-state index in [4.69, 9.17) is 10.5 Å². The van der Waals surface area contributed by atoms with E-state index in [1.807, 2.05) is 25.1 Å². The van der Waals surface area contributed by atoms with E-state index in [2.05, 4.69) is 29.8 Å². The number of nitrogens with two attached hydrogens (primary N) is 1. The lowest BCUT2D eigenvalue weighted by atomic mass is 10.1. The van der Waals surface area contributed by atoms with Gasteiger partial charge in [0.15, 0.2) is 0 Å². The van der Waals surface area contributed by atoms with Gasteiger partial charge in [-0.3, -0.25) is 0 Å². The third-order valence-electron chi connectivity index (χ3n) is 2.05. The number of hydrogen-bond donors (Lipinski definition) is 1. The Morgan fingerprint density at radius 2 is 1.94 bits per heavy atom. The zero-order valence-corrected chi connectivity index (χ0v) is 12.3. The van der Waals surface area contributed by atoms with Crippen molar-refractivity contribution in [2.24, 2.45) is 11.7 Å². The SMILES string of the molecule is CC(C)COc1c(Br)cccc1C(C)N.Cl. The van der Waals surface area contributed by atoms with Crippen LogP contribution in [0.3, 0.4) is 0 Å². The highest BCUT2D eigenvalue weighted by Gasteiger charge is 2.11. The van der Waals surface area contributed by atoms with Crippen LogP contribution in [0.1, 0.15) is 32.4 Å². The molecule has 0 amide bonds. The third kappa shape index (κ3) is 4.32. The van der Waals surface area contributed by atoms with E-state index < -0.39 is 0 Å². The van der Waals surface area contributed by atoms with Crippen LogP contribution in [0.4, 0.5) is 0 Å². The highest BCUT2D eigenvalue weighted by atomic mass is 79.9. The molecule has 16 heavy (non-hydrogen) atoms. The number of para-hydroxylation sites is 1. The van der Waals surface area contributed by atoms with Crippen LogP contribution in [-0.4, -0.2) is 6.61 Å². The summed E-state index contributed by atoms with van der Waals surface area (Å²) in [7, 11) is 0. The van der Waals surface area contributed by atoms with Gasteiger partial charge in [0.25, 0.3) is 0 Å². The van der Waals surface area contributed by atoms with E-state index in [-0.39, 0.29) is 18.4 Å². The van der Waals surface area contributed by atoms with E-state index in [1.165, 1.54) is 0 Å². The fourth-order valence-corrected chi connectivity index (χ4v) is 1.78. The van der Waals surface area contributed by atoms with E-state index in [9.17, 15) is 0 Å². The maximum Gasteiger partial charge on any atom is 0.138 e. The number of ether oxygens (including phenoxy) is 1. The molecule has 1 rings (SSSR count). The summed E-state index contributed by atoms with van der Waals surface area (Å²) in [4.78, 5) is 0. The molecular formula is C12H19BrClNO. The van der Waals surface area contributed by atoms with Crippen molar-refractivity contribution < 1.29 is 4.74 Å². The number of halogens is 2. The molecule has 0 spiro atoms. The molecule has 2 nitrogen and oxygen atoms in total. The van der Waals surface area contributed by atoms with Crippen LogP contribution in [-0.2, 0) is 0 Å². The minimum absolute atomic E-state index is 0. The van der Waals surface area contributed by atoms with Gasteiger partial charge in [0.2, 0.25) is 0 Å². The van der Waals surface area contributed by atoms with Crippen molar-refractivity contribution in [2.75, 3.05) is 6.61 Å². The van der Waals surface area contributed by atoms with Crippen molar-refractivity contribution >= 4 is 28.3 Å². The average Bonchev–Trinajstić information content (AvgIpc) is 2.15. The molecule has 4 heteroatoms. The second-order valence-corrected chi connectivity index (χ2v) is 5.01. The van der Waals surface area contributed by atoms with Crippen molar-refractivity contribution in [3.63, 3.8) is 0 Å². The Morgan fingerprint density at radius 1 is 1.31 bits per heavy atom. The molecule has 0 saturated heterocycles. The molecule has 0 aromatic heterocycles. The highest BCUT2D eigenvalue weighted by molar-refractivity contribution is 9.10. The fourth-order valence-electron chi connectivity index (χ4n) is 1.29. The smallest absolute Gasteiger partial charge is 0.138 e. The van der Waals surface area contributed by atoms with Crippen LogP contribution in [0.15, 0.2) is 22.7 Å². The Kier molecular flexibility index (Phi) is 7.04. The summed E-state index contributed by atoms with van der Waals surface area (Å²) in [6.07, 6.45) is 0. The Bertz CT molecular complexity index is 329. The first kappa shape index (κ1) is 15.8. The molecule has 0 aliphatic rings. The fraction of sp³-hybridized carbons (Fsp3) is 0.500. The van der Waals surface area contributed by atoms with Gasteiger partial charge < -0.3 is 10.5 Å². The van der Waals surface area contributed by atoms with Crippen LogP contribution in [0.25, 0.3) is 0 Å². The van der Waals surface area contributed by atoms with Crippen LogP contribution in [0, 0.1) is 5.92 Å². The molecule has 1 aromatic rings. The van der Waals surface area contributed by atoms with Gasteiger partial charge in [0.1, 0.15) is 5.75 Å². The molecule has 0 heterocycles. The van der Waals surface area contributed by atoms with Gasteiger partial charge in [0, 0.05) is 11.6 Å². The van der Waals surface area contributed by atoms with E-state index in [0.717, 1.165) is 15.8 Å². The zero-order chi connectivity index (χ0) is 11.4. The molecule has 1 atom stereocenters. The van der Waals surface area contributed by atoms with Crippen LogP contribution in [0.5, 0.6) is 5.75 Å². The molecular weight excluding hydrogens is 289 g/mol. The molecule has 2 N–H and O–H groups in total. The summed E-state index contributed by atoms with van der Waals surface area (Å²) < 4.78 is 6.73. The van der Waals surface area contributed by atoms with Crippen LogP contribution < -0.4 is 10.5 Å². The van der Waals surface area contributed by atoms with Crippen molar-refractivity contribution in [3.05, 3.63) is 28.2 Å². The number of hydrogen-bond acceptors (Lipinski definition) is 2. The molecule has 1 unspecified atom stereocenters. The maximum atomic E-state index is 5.89. The first-order chi connectivity index (χ1) is 7.02. The second kappa shape index (κ2) is 7.15. The van der Waals surface area contributed by atoms with Gasteiger partial charge in [-0.05, 0) is 34.8 Å². The Labute approximate surface area is 112 Å². The third-order valence-corrected chi connectivity index (χ3v) is 2.67. The Morgan fingerprint density at radius 3 is 2.44 bits per heavy atom. The van der Waals surface area contributed by atoms with E-state index in [0.29, 0.717) is 12.5 Å². The molecule has 0 aliphatic carbocycles. The first-order valence-corrected chi connectivity index (χ1v) is 5.98. The normalized spacial score (nSPS) is 12.1. The predicted octanol–water partition coefficient (Wildman–Crippen LogP) is 3.93. The van der Waals surface area contributed by atoms with Gasteiger partial charge in [0.05, 0.1) is 11.1 Å². The van der Waals surface area contributed by atoms with Crippen LogP contribution >= 0.6 is 28.3 Å². The molecule has 92 valence electrons. The van der Waals surface area contributed by atoms with Crippen molar-refractivity contribution in [1.29, 1.82) is 0 Å². The molecule has 0 radical (unpaired) electrons. The van der Waals surface area contributed by atoms with E-state index >= 15 is 0 Å². The lowest BCUT2D eigenvalue weighted by molar-refractivity contribution is 0.266. The molecule has 0 fully saturated rings. The number of benzene rings is 1. The topological polar surface area (TPSA) is 35.2 Å². The monoisotopic (exact) mass is 307 g/mol. The maximum absolute atomic E-state index is 5.89. The van der Waals surface area contributed by atoms with Crippen molar-refractivity contribution in [1.82, 2.24) is 0 Å². The summed E-state index contributed by atoms with van der Waals surface area (Å²) in [5, 5.41) is 0. The highest BCUT2D eigenvalue weighted by Crippen LogP contribution is 2.32. The Balaban J connectivity index is 0.00000225. The summed E-state index contributed by atoms with van der Waals surface area (Å²) in [5.74, 6) is 1.39. The van der Waals surface area contributed by atoms with Gasteiger partial charge in [-0.2, -0.15) is 0 Å². The van der Waals surface area contributed by atoms with Gasteiger partial charge in [-0.1, -0.05) is 26.0 Å². The Hall–Kier alpha value is -0.250. The quantitative estimate of drug-likeness (QED) is 0.915. The summed E-state index contributed by atoms with van der Waals surface area (Å²) in [6, 6.07) is 5.95. The molecule has 0 saturated carbocycles. The van der Waals surface area contributed by atoms with Gasteiger partial charge >= 0.3 is 0 Å². The van der Waals surface area contributed by atoms with Crippen LogP contribution in [0.2, 0.25) is 0 Å². The largest absolute Gasteiger partial charge is 0.492 e. The number of rotatable bonds is 4. The van der Waals surface area contributed by atoms with Crippen molar-refractivity contribution in [2.45, 2.75) is 26.8 Å². The minimum atomic E-state index is -0.00957. The van der Waals surface area contributed by atoms with Crippen molar-refractivity contribution in [3.8, 4) is 5.75 Å².